The average molecular weight is 349 g/mol. The van der Waals surface area contributed by atoms with Crippen molar-refractivity contribution < 1.29 is 9.18 Å². The summed E-state index contributed by atoms with van der Waals surface area (Å²) in [4.78, 5) is 12.0. The van der Waals surface area contributed by atoms with Crippen LogP contribution in [0.1, 0.15) is 38.5 Å². The highest BCUT2D eigenvalue weighted by atomic mass is 79.9. The topological polar surface area (TPSA) is 29.1 Å². The molecule has 0 aliphatic heterocycles. The molecule has 1 N–H and O–H groups in total. The Labute approximate surface area is 125 Å². The Morgan fingerprint density at radius 2 is 2.05 bits per heavy atom. The van der Waals surface area contributed by atoms with E-state index in [-0.39, 0.29) is 10.9 Å². The van der Waals surface area contributed by atoms with Crippen LogP contribution in [0.5, 0.6) is 0 Å². The monoisotopic (exact) mass is 347 g/mol. The minimum absolute atomic E-state index is 0.0545. The second kappa shape index (κ2) is 6.71. The highest BCUT2D eigenvalue weighted by Crippen LogP contribution is 2.32. The Morgan fingerprint density at radius 3 is 2.68 bits per heavy atom. The normalized spacial score (nSPS) is 16.4. The van der Waals surface area contributed by atoms with Crippen LogP contribution >= 0.6 is 27.5 Å². The molecular formula is C14H16BrClFNO. The highest BCUT2D eigenvalue weighted by Gasteiger charge is 2.18. The van der Waals surface area contributed by atoms with Gasteiger partial charge < -0.3 is 5.32 Å². The maximum atomic E-state index is 13.1. The zero-order chi connectivity index (χ0) is 13.8. The lowest BCUT2D eigenvalue weighted by Crippen LogP contribution is -2.18. The van der Waals surface area contributed by atoms with Crippen molar-refractivity contribution in [1.29, 1.82) is 0 Å². The van der Waals surface area contributed by atoms with Crippen LogP contribution in [-0.4, -0.2) is 5.91 Å². The van der Waals surface area contributed by atoms with Crippen molar-refractivity contribution in [3.63, 3.8) is 0 Å². The van der Waals surface area contributed by atoms with Gasteiger partial charge in [-0.05, 0) is 46.8 Å². The summed E-state index contributed by atoms with van der Waals surface area (Å²) < 4.78 is 13.6. The molecule has 0 bridgehead atoms. The van der Waals surface area contributed by atoms with Gasteiger partial charge in [-0.25, -0.2) is 4.39 Å². The molecule has 0 atom stereocenters. The van der Waals surface area contributed by atoms with Crippen molar-refractivity contribution in [3.8, 4) is 0 Å². The predicted octanol–water partition coefficient (Wildman–Crippen LogP) is 5.15. The van der Waals surface area contributed by atoms with Crippen LogP contribution in [0.15, 0.2) is 16.6 Å². The highest BCUT2D eigenvalue weighted by molar-refractivity contribution is 9.10. The molecule has 2 rings (SSSR count). The van der Waals surface area contributed by atoms with Crippen molar-refractivity contribution in [2.24, 2.45) is 5.92 Å². The van der Waals surface area contributed by atoms with E-state index in [0.29, 0.717) is 22.5 Å². The quantitative estimate of drug-likeness (QED) is 0.804. The van der Waals surface area contributed by atoms with Crippen LogP contribution in [0.2, 0.25) is 5.02 Å². The first kappa shape index (κ1) is 14.8. The van der Waals surface area contributed by atoms with Gasteiger partial charge in [-0.3, -0.25) is 4.79 Å². The third kappa shape index (κ3) is 4.18. The Bertz CT molecular complexity index is 452. The summed E-state index contributed by atoms with van der Waals surface area (Å²) >= 11 is 9.15. The number of carbonyl (C=O) groups is 1. The molecule has 1 aliphatic carbocycles. The smallest absolute Gasteiger partial charge is 0.224 e. The molecule has 0 unspecified atom stereocenters. The van der Waals surface area contributed by atoms with E-state index in [9.17, 15) is 9.18 Å². The van der Waals surface area contributed by atoms with Crippen molar-refractivity contribution in [3.05, 3.63) is 27.4 Å². The molecule has 1 fully saturated rings. The first-order valence-corrected chi connectivity index (χ1v) is 7.68. The van der Waals surface area contributed by atoms with Crippen molar-refractivity contribution in [2.75, 3.05) is 5.32 Å². The van der Waals surface area contributed by atoms with Crippen molar-refractivity contribution >= 4 is 39.1 Å². The molecular weight excluding hydrogens is 333 g/mol. The molecule has 1 aliphatic rings. The van der Waals surface area contributed by atoms with Gasteiger partial charge in [-0.15, -0.1) is 0 Å². The number of amides is 1. The number of hydrogen-bond acceptors (Lipinski definition) is 1. The molecule has 5 heteroatoms. The van der Waals surface area contributed by atoms with E-state index in [2.05, 4.69) is 21.2 Å². The summed E-state index contributed by atoms with van der Waals surface area (Å²) in [6.45, 7) is 0. The third-order valence-electron chi connectivity index (χ3n) is 3.47. The number of rotatable bonds is 3. The van der Waals surface area contributed by atoms with E-state index < -0.39 is 5.82 Å². The number of carbonyl (C=O) groups excluding carboxylic acids is 1. The van der Waals surface area contributed by atoms with Gasteiger partial charge in [-0.1, -0.05) is 30.9 Å². The van der Waals surface area contributed by atoms with E-state index in [1.165, 1.54) is 31.4 Å². The molecule has 1 aromatic rings. The number of halogens is 3. The van der Waals surface area contributed by atoms with E-state index in [1.807, 2.05) is 0 Å². The SMILES string of the molecule is O=C(CC1CCCCC1)Nc1c(Cl)cc(F)cc1Br. The average Bonchev–Trinajstić information content (AvgIpc) is 2.35. The predicted molar refractivity (Wildman–Crippen MR) is 78.9 cm³/mol. The Morgan fingerprint density at radius 1 is 1.37 bits per heavy atom. The summed E-state index contributed by atoms with van der Waals surface area (Å²) in [5.41, 5.74) is 0.448. The lowest BCUT2D eigenvalue weighted by atomic mass is 9.87. The largest absolute Gasteiger partial charge is 0.324 e. The van der Waals surface area contributed by atoms with Crippen LogP contribution in [0, 0.1) is 11.7 Å². The molecule has 1 amide bonds. The van der Waals surface area contributed by atoms with Gasteiger partial charge in [0.2, 0.25) is 5.91 Å². The van der Waals surface area contributed by atoms with Crippen LogP contribution in [-0.2, 0) is 4.79 Å². The Kier molecular flexibility index (Phi) is 5.22. The maximum Gasteiger partial charge on any atom is 0.224 e. The van der Waals surface area contributed by atoms with Crippen molar-refractivity contribution in [1.82, 2.24) is 0 Å². The number of nitrogens with one attached hydrogen (secondary N) is 1. The number of hydrogen-bond donors (Lipinski definition) is 1. The molecule has 0 heterocycles. The first-order chi connectivity index (χ1) is 9.06. The lowest BCUT2D eigenvalue weighted by Gasteiger charge is -2.21. The molecule has 0 spiro atoms. The van der Waals surface area contributed by atoms with Gasteiger partial charge in [-0.2, -0.15) is 0 Å². The number of benzene rings is 1. The fourth-order valence-corrected chi connectivity index (χ4v) is 3.40. The van der Waals surface area contributed by atoms with Gasteiger partial charge in [0.25, 0.3) is 0 Å². The Balaban J connectivity index is 1.98. The van der Waals surface area contributed by atoms with Crippen LogP contribution in [0.3, 0.4) is 0 Å². The molecule has 0 saturated heterocycles. The molecule has 104 valence electrons. The fraction of sp³-hybridized carbons (Fsp3) is 0.500. The first-order valence-electron chi connectivity index (χ1n) is 6.50. The van der Waals surface area contributed by atoms with Gasteiger partial charge >= 0.3 is 0 Å². The molecule has 0 radical (unpaired) electrons. The lowest BCUT2D eigenvalue weighted by molar-refractivity contribution is -0.117. The summed E-state index contributed by atoms with van der Waals surface area (Å²) in [7, 11) is 0. The fourth-order valence-electron chi connectivity index (χ4n) is 2.51. The van der Waals surface area contributed by atoms with Crippen LogP contribution in [0.25, 0.3) is 0 Å². The Hall–Kier alpha value is -0.610. The zero-order valence-electron chi connectivity index (χ0n) is 10.5. The minimum Gasteiger partial charge on any atom is -0.324 e. The molecule has 2 nitrogen and oxygen atoms in total. The number of anilines is 1. The summed E-state index contributed by atoms with van der Waals surface area (Å²) in [5.74, 6) is -0.0185. The van der Waals surface area contributed by atoms with Gasteiger partial charge in [0.15, 0.2) is 0 Å². The van der Waals surface area contributed by atoms with E-state index in [1.54, 1.807) is 0 Å². The van der Waals surface area contributed by atoms with Crippen LogP contribution < -0.4 is 5.32 Å². The molecule has 1 saturated carbocycles. The van der Waals surface area contributed by atoms with Crippen molar-refractivity contribution in [2.45, 2.75) is 38.5 Å². The standard InChI is InChI=1S/C14H16BrClFNO/c15-11-7-10(17)8-12(16)14(11)18-13(19)6-9-4-2-1-3-5-9/h7-9H,1-6H2,(H,18,19). The second-order valence-electron chi connectivity index (χ2n) is 5.00. The summed E-state index contributed by atoms with van der Waals surface area (Å²) in [6, 6.07) is 2.49. The van der Waals surface area contributed by atoms with E-state index in [4.69, 9.17) is 11.6 Å². The third-order valence-corrected chi connectivity index (χ3v) is 4.39. The van der Waals surface area contributed by atoms with Crippen LogP contribution in [0.4, 0.5) is 10.1 Å². The second-order valence-corrected chi connectivity index (χ2v) is 6.26. The van der Waals surface area contributed by atoms with Gasteiger partial charge in [0, 0.05) is 10.9 Å². The summed E-state index contributed by atoms with van der Waals surface area (Å²) in [6.07, 6.45) is 6.43. The maximum absolute atomic E-state index is 13.1. The van der Waals surface area contributed by atoms with E-state index >= 15 is 0 Å². The minimum atomic E-state index is -0.429. The molecule has 0 aromatic heterocycles. The molecule has 19 heavy (non-hydrogen) atoms. The van der Waals surface area contributed by atoms with Gasteiger partial charge in [0.05, 0.1) is 10.7 Å². The zero-order valence-corrected chi connectivity index (χ0v) is 12.9. The molecule has 1 aromatic carbocycles. The summed E-state index contributed by atoms with van der Waals surface area (Å²) in [5, 5.41) is 2.98. The van der Waals surface area contributed by atoms with E-state index in [0.717, 1.165) is 12.8 Å². The van der Waals surface area contributed by atoms with Gasteiger partial charge in [0.1, 0.15) is 5.82 Å².